The fraction of sp³-hybridized carbons (Fsp3) is 0.200. The Labute approximate surface area is 136 Å². The number of hydrogen-bond donors (Lipinski definition) is 0. The van der Waals surface area contributed by atoms with Gasteiger partial charge in [0.2, 0.25) is 5.88 Å². The Kier molecular flexibility index (Phi) is 4.33. The summed E-state index contributed by atoms with van der Waals surface area (Å²) in [5, 5.41) is 4.04. The van der Waals surface area contributed by atoms with Gasteiger partial charge in [-0.05, 0) is 30.6 Å². The van der Waals surface area contributed by atoms with Gasteiger partial charge in [-0.3, -0.25) is 4.98 Å². The van der Waals surface area contributed by atoms with Crippen LogP contribution in [0.2, 0.25) is 0 Å². The quantitative estimate of drug-likeness (QED) is 0.664. The van der Waals surface area contributed by atoms with Crippen LogP contribution in [-0.2, 0) is 11.3 Å². The molecule has 0 spiro atoms. The third kappa shape index (κ3) is 3.21. The van der Waals surface area contributed by atoms with E-state index in [9.17, 15) is 4.79 Å². The predicted octanol–water partition coefficient (Wildman–Crippen LogP) is 2.87. The summed E-state index contributed by atoms with van der Waals surface area (Å²) < 4.78 is 19.6. The molecule has 0 atom stereocenters. The summed E-state index contributed by atoms with van der Waals surface area (Å²) >= 11 is 1.02. The van der Waals surface area contributed by atoms with E-state index in [0.717, 1.165) is 17.1 Å². The van der Waals surface area contributed by atoms with Crippen LogP contribution in [0.4, 0.5) is 0 Å². The summed E-state index contributed by atoms with van der Waals surface area (Å²) in [7, 11) is 1.32. The highest BCUT2D eigenvalue weighted by atomic mass is 32.1. The lowest BCUT2D eigenvalue weighted by Gasteiger charge is -2.03. The molecule has 0 radical (unpaired) electrons. The van der Waals surface area contributed by atoms with Crippen LogP contribution in [-0.4, -0.2) is 27.6 Å². The molecule has 3 aromatic heterocycles. The lowest BCUT2D eigenvalue weighted by atomic mass is 10.1. The average Bonchev–Trinajstić information content (AvgIpc) is 3.20. The van der Waals surface area contributed by atoms with Gasteiger partial charge < -0.3 is 14.0 Å². The fourth-order valence-corrected chi connectivity index (χ4v) is 2.54. The first-order chi connectivity index (χ1) is 11.2. The molecule has 0 aromatic carbocycles. The second-order valence-electron chi connectivity index (χ2n) is 4.59. The maximum Gasteiger partial charge on any atom is 0.349 e. The number of nitrogens with zero attached hydrogens (tertiary/aromatic N) is 3. The summed E-state index contributed by atoms with van der Waals surface area (Å²) in [6.07, 6.45) is 1.69. The van der Waals surface area contributed by atoms with Gasteiger partial charge >= 0.3 is 5.97 Å². The molecule has 0 saturated carbocycles. The third-order valence-corrected chi connectivity index (χ3v) is 3.88. The monoisotopic (exact) mass is 331 g/mol. The highest BCUT2D eigenvalue weighted by Gasteiger charge is 2.17. The molecule has 0 aliphatic heterocycles. The smallest absolute Gasteiger partial charge is 0.349 e. The Balaban J connectivity index is 1.77. The molecule has 0 aliphatic rings. The highest BCUT2D eigenvalue weighted by Crippen LogP contribution is 2.25. The van der Waals surface area contributed by atoms with Gasteiger partial charge in [0.15, 0.2) is 0 Å². The summed E-state index contributed by atoms with van der Waals surface area (Å²) in [4.78, 5) is 16.1. The van der Waals surface area contributed by atoms with E-state index in [-0.39, 0.29) is 6.61 Å². The van der Waals surface area contributed by atoms with Crippen LogP contribution in [0.1, 0.15) is 21.0 Å². The van der Waals surface area contributed by atoms with Crippen molar-refractivity contribution in [2.45, 2.75) is 13.5 Å². The molecule has 118 valence electrons. The number of carbonyl (C=O) groups is 1. The van der Waals surface area contributed by atoms with Gasteiger partial charge in [0.05, 0.1) is 18.4 Å². The Morgan fingerprint density at radius 1 is 1.39 bits per heavy atom. The second-order valence-corrected chi connectivity index (χ2v) is 5.40. The number of hydrogen-bond acceptors (Lipinski definition) is 8. The molecule has 0 N–H and O–H groups in total. The van der Waals surface area contributed by atoms with Crippen molar-refractivity contribution >= 4 is 17.5 Å². The number of aromatic nitrogens is 3. The van der Waals surface area contributed by atoms with Gasteiger partial charge in [-0.25, -0.2) is 4.79 Å². The minimum atomic E-state index is -0.437. The number of aryl methyl sites for hydroxylation is 1. The summed E-state index contributed by atoms with van der Waals surface area (Å²) in [6.45, 7) is 2.02. The molecular formula is C15H13N3O4S. The van der Waals surface area contributed by atoms with Gasteiger partial charge in [0.1, 0.15) is 22.9 Å². The van der Waals surface area contributed by atoms with Gasteiger partial charge in [0, 0.05) is 12.3 Å². The number of rotatable bonds is 5. The van der Waals surface area contributed by atoms with Crippen molar-refractivity contribution in [3.05, 3.63) is 46.7 Å². The maximum absolute atomic E-state index is 11.4. The van der Waals surface area contributed by atoms with Crippen molar-refractivity contribution in [3.63, 3.8) is 0 Å². The lowest BCUT2D eigenvalue weighted by Crippen LogP contribution is -1.99. The summed E-state index contributed by atoms with van der Waals surface area (Å²) in [5.41, 5.74) is 2.12. The van der Waals surface area contributed by atoms with E-state index in [0.29, 0.717) is 27.9 Å². The minimum Gasteiger partial charge on any atom is -0.472 e. The first-order valence-corrected chi connectivity index (χ1v) is 7.50. The van der Waals surface area contributed by atoms with Crippen molar-refractivity contribution in [2.24, 2.45) is 0 Å². The molecule has 3 rings (SSSR count). The SMILES string of the molecule is COC(=O)c1cc(OCc2c(-c3ccccn3)noc2C)ns1. The topological polar surface area (TPSA) is 87.3 Å². The van der Waals surface area contributed by atoms with Crippen LogP contribution in [0.25, 0.3) is 11.4 Å². The molecule has 0 fully saturated rings. The number of ether oxygens (including phenoxy) is 2. The van der Waals surface area contributed by atoms with E-state index < -0.39 is 5.97 Å². The van der Waals surface area contributed by atoms with Crippen LogP contribution in [0.5, 0.6) is 5.88 Å². The zero-order valence-corrected chi connectivity index (χ0v) is 13.3. The Bertz CT molecular complexity index is 813. The number of esters is 1. The lowest BCUT2D eigenvalue weighted by molar-refractivity contribution is 0.0606. The molecule has 0 bridgehead atoms. The van der Waals surface area contributed by atoms with Crippen molar-refractivity contribution in [1.29, 1.82) is 0 Å². The standard InChI is InChI=1S/C15H13N3O4S/c1-9-10(14(17-22-9)11-5-3-4-6-16-11)8-21-13-7-12(23-18-13)15(19)20-2/h3-7H,8H2,1-2H3. The molecule has 7 nitrogen and oxygen atoms in total. The third-order valence-electron chi connectivity index (χ3n) is 3.13. The van der Waals surface area contributed by atoms with Crippen molar-refractivity contribution in [1.82, 2.24) is 14.5 Å². The average molecular weight is 331 g/mol. The van der Waals surface area contributed by atoms with Crippen LogP contribution in [0.3, 0.4) is 0 Å². The Morgan fingerprint density at radius 2 is 2.26 bits per heavy atom. The largest absolute Gasteiger partial charge is 0.472 e. The molecule has 3 heterocycles. The van der Waals surface area contributed by atoms with Gasteiger partial charge in [-0.1, -0.05) is 11.2 Å². The number of pyridine rings is 1. The molecule has 3 aromatic rings. The van der Waals surface area contributed by atoms with E-state index >= 15 is 0 Å². The molecule has 0 unspecified atom stereocenters. The van der Waals surface area contributed by atoms with Gasteiger partial charge in [-0.2, -0.15) is 4.37 Å². The summed E-state index contributed by atoms with van der Waals surface area (Å²) in [5.74, 6) is 0.560. The zero-order chi connectivity index (χ0) is 16.2. The summed E-state index contributed by atoms with van der Waals surface area (Å²) in [6, 6.07) is 7.09. The molecule has 0 saturated heterocycles. The number of carbonyl (C=O) groups excluding carboxylic acids is 1. The molecule has 0 aliphatic carbocycles. The van der Waals surface area contributed by atoms with Gasteiger partial charge in [0.25, 0.3) is 0 Å². The van der Waals surface area contributed by atoms with Crippen molar-refractivity contribution in [2.75, 3.05) is 7.11 Å². The van der Waals surface area contributed by atoms with Crippen LogP contribution in [0, 0.1) is 6.92 Å². The van der Waals surface area contributed by atoms with E-state index in [4.69, 9.17) is 9.26 Å². The zero-order valence-electron chi connectivity index (χ0n) is 12.5. The normalized spacial score (nSPS) is 10.5. The van der Waals surface area contributed by atoms with Crippen molar-refractivity contribution in [3.8, 4) is 17.3 Å². The molecule has 0 amide bonds. The predicted molar refractivity (Wildman–Crippen MR) is 82.3 cm³/mol. The van der Waals surface area contributed by atoms with Crippen LogP contribution in [0.15, 0.2) is 35.0 Å². The highest BCUT2D eigenvalue weighted by molar-refractivity contribution is 7.08. The molecule has 8 heteroatoms. The Morgan fingerprint density at radius 3 is 3.00 bits per heavy atom. The van der Waals surface area contributed by atoms with E-state index in [1.165, 1.54) is 7.11 Å². The van der Waals surface area contributed by atoms with Crippen LogP contribution >= 0.6 is 11.5 Å². The fourth-order valence-electron chi connectivity index (χ4n) is 1.94. The maximum atomic E-state index is 11.4. The van der Waals surface area contributed by atoms with E-state index in [1.54, 1.807) is 19.2 Å². The molecular weight excluding hydrogens is 318 g/mol. The first-order valence-electron chi connectivity index (χ1n) is 6.73. The molecule has 23 heavy (non-hydrogen) atoms. The first kappa shape index (κ1) is 15.2. The Hall–Kier alpha value is -2.74. The second kappa shape index (κ2) is 6.57. The van der Waals surface area contributed by atoms with E-state index in [1.807, 2.05) is 18.2 Å². The van der Waals surface area contributed by atoms with Crippen molar-refractivity contribution < 1.29 is 18.8 Å². The minimum absolute atomic E-state index is 0.214. The van der Waals surface area contributed by atoms with Crippen LogP contribution < -0.4 is 4.74 Å². The number of methoxy groups -OCH3 is 1. The van der Waals surface area contributed by atoms with E-state index in [2.05, 4.69) is 19.3 Å². The van der Waals surface area contributed by atoms with Gasteiger partial charge in [-0.15, -0.1) is 0 Å².